The van der Waals surface area contributed by atoms with Gasteiger partial charge in [-0.1, -0.05) is 12.1 Å². The van der Waals surface area contributed by atoms with Gasteiger partial charge in [-0.15, -0.1) is 0 Å². The fraction of sp³-hybridized carbons (Fsp3) is 0.632. The van der Waals surface area contributed by atoms with Crippen LogP contribution in [0.1, 0.15) is 31.2 Å². The monoisotopic (exact) mass is 330 g/mol. The molecule has 1 aromatic rings. The number of nitrogens with one attached hydrogen (secondary N) is 1. The highest BCUT2D eigenvalue weighted by molar-refractivity contribution is 5.89. The lowest BCUT2D eigenvalue weighted by Gasteiger charge is -2.17. The number of nitrogens with zero attached hydrogens (tertiary/aromatic N) is 1. The predicted molar refractivity (Wildman–Crippen MR) is 92.0 cm³/mol. The lowest BCUT2D eigenvalue weighted by atomic mass is 10.0. The second-order valence-electron chi connectivity index (χ2n) is 7.33. The molecule has 1 aliphatic heterocycles. The summed E-state index contributed by atoms with van der Waals surface area (Å²) in [4.78, 5) is 13.3. The van der Waals surface area contributed by atoms with Crippen LogP contribution in [0.5, 0.6) is 0 Å². The average Bonchev–Trinajstić information content (AvgIpc) is 3.27. The van der Waals surface area contributed by atoms with Gasteiger partial charge in [0.2, 0.25) is 0 Å². The van der Waals surface area contributed by atoms with Gasteiger partial charge in [-0.3, -0.25) is 4.90 Å². The van der Waals surface area contributed by atoms with Crippen molar-refractivity contribution < 1.29 is 14.3 Å². The first kappa shape index (κ1) is 15.9. The summed E-state index contributed by atoms with van der Waals surface area (Å²) in [5.41, 5.74) is 2.18. The van der Waals surface area contributed by atoms with E-state index >= 15 is 0 Å². The molecule has 4 atom stereocenters. The molecule has 0 spiro atoms. The van der Waals surface area contributed by atoms with Crippen molar-refractivity contribution in [3.8, 4) is 0 Å². The molecule has 2 saturated carbocycles. The number of methoxy groups -OCH3 is 1. The number of carbonyl (C=O) groups is 1. The van der Waals surface area contributed by atoms with Crippen molar-refractivity contribution in [3.63, 3.8) is 0 Å². The summed E-state index contributed by atoms with van der Waals surface area (Å²) in [7, 11) is 1.84. The Kier molecular flexibility index (Phi) is 4.46. The molecule has 1 amide bonds. The topological polar surface area (TPSA) is 50.8 Å². The highest BCUT2D eigenvalue weighted by Crippen LogP contribution is 2.45. The number of ether oxygens (including phenoxy) is 2. The fourth-order valence-electron chi connectivity index (χ4n) is 4.60. The summed E-state index contributed by atoms with van der Waals surface area (Å²) in [6.45, 7) is 2.02. The van der Waals surface area contributed by atoms with Crippen molar-refractivity contribution >= 4 is 11.8 Å². The van der Waals surface area contributed by atoms with Crippen molar-refractivity contribution in [1.29, 1.82) is 0 Å². The normalized spacial score (nSPS) is 32.2. The van der Waals surface area contributed by atoms with Gasteiger partial charge < -0.3 is 14.8 Å². The summed E-state index contributed by atoms with van der Waals surface area (Å²) in [6.07, 6.45) is 5.28. The molecule has 3 aliphatic rings. The molecule has 1 aromatic carbocycles. The Hall–Kier alpha value is -1.59. The first-order valence-corrected chi connectivity index (χ1v) is 9.02. The molecule has 0 radical (unpaired) electrons. The van der Waals surface area contributed by atoms with E-state index < -0.39 is 0 Å². The zero-order chi connectivity index (χ0) is 16.5. The fourth-order valence-corrected chi connectivity index (χ4v) is 4.60. The van der Waals surface area contributed by atoms with Crippen LogP contribution in [0.3, 0.4) is 0 Å². The highest BCUT2D eigenvalue weighted by Gasteiger charge is 2.41. The Labute approximate surface area is 143 Å². The Morgan fingerprint density at radius 3 is 2.46 bits per heavy atom. The van der Waals surface area contributed by atoms with Crippen LogP contribution in [0.2, 0.25) is 0 Å². The molecular formula is C19H26N2O3. The quantitative estimate of drug-likeness (QED) is 0.902. The lowest BCUT2D eigenvalue weighted by Crippen LogP contribution is -2.27. The van der Waals surface area contributed by atoms with Gasteiger partial charge >= 0.3 is 6.09 Å². The third-order valence-electron chi connectivity index (χ3n) is 5.91. The van der Waals surface area contributed by atoms with E-state index in [1.807, 2.05) is 19.2 Å². The van der Waals surface area contributed by atoms with E-state index in [2.05, 4.69) is 17.4 Å². The number of carbonyl (C=O) groups excluding carboxylic acids is 1. The molecular weight excluding hydrogens is 304 g/mol. The summed E-state index contributed by atoms with van der Waals surface area (Å²) < 4.78 is 10.5. The molecule has 24 heavy (non-hydrogen) atoms. The van der Waals surface area contributed by atoms with Gasteiger partial charge in [0.15, 0.2) is 0 Å². The molecule has 1 N–H and O–H groups in total. The molecule has 5 heteroatoms. The van der Waals surface area contributed by atoms with Gasteiger partial charge in [0.25, 0.3) is 0 Å². The molecule has 2 aliphatic carbocycles. The number of cyclic esters (lactones) is 1. The average molecular weight is 330 g/mol. The number of anilines is 1. The minimum Gasteiger partial charge on any atom is -0.447 e. The third kappa shape index (κ3) is 3.15. The number of fused-ring (bicyclic) bond motifs is 1. The molecule has 0 bridgehead atoms. The van der Waals surface area contributed by atoms with E-state index in [0.29, 0.717) is 25.3 Å². The van der Waals surface area contributed by atoms with E-state index in [4.69, 9.17) is 9.47 Å². The van der Waals surface area contributed by atoms with Crippen LogP contribution in [0.4, 0.5) is 10.5 Å². The maximum Gasteiger partial charge on any atom is 0.414 e. The van der Waals surface area contributed by atoms with E-state index in [1.165, 1.54) is 31.2 Å². The summed E-state index contributed by atoms with van der Waals surface area (Å²) in [5.74, 6) is 1.69. The SMILES string of the molecule is COC1C[C@H]2CC(NCc3ccc(N4CCOC4=O)cc3)C[C@H]2C1. The third-order valence-corrected chi connectivity index (χ3v) is 5.91. The van der Waals surface area contributed by atoms with Gasteiger partial charge in [0.1, 0.15) is 6.61 Å². The van der Waals surface area contributed by atoms with Crippen LogP contribution < -0.4 is 10.2 Å². The van der Waals surface area contributed by atoms with Crippen LogP contribution in [0.25, 0.3) is 0 Å². The van der Waals surface area contributed by atoms with Crippen molar-refractivity contribution in [1.82, 2.24) is 5.32 Å². The molecule has 3 fully saturated rings. The summed E-state index contributed by atoms with van der Waals surface area (Å²) in [5, 5.41) is 3.71. The number of hydrogen-bond donors (Lipinski definition) is 1. The second kappa shape index (κ2) is 6.73. The van der Waals surface area contributed by atoms with Crippen LogP contribution in [-0.4, -0.2) is 38.5 Å². The molecule has 0 aromatic heterocycles. The number of hydrogen-bond acceptors (Lipinski definition) is 4. The largest absolute Gasteiger partial charge is 0.447 e. The van der Waals surface area contributed by atoms with Crippen LogP contribution >= 0.6 is 0 Å². The summed E-state index contributed by atoms with van der Waals surface area (Å²) >= 11 is 0. The van der Waals surface area contributed by atoms with Crippen LogP contribution in [0, 0.1) is 11.8 Å². The first-order chi connectivity index (χ1) is 11.7. The molecule has 1 saturated heterocycles. The Balaban J connectivity index is 1.27. The van der Waals surface area contributed by atoms with Gasteiger partial charge in [-0.25, -0.2) is 4.79 Å². The standard InChI is InChI=1S/C19H26N2O3/c1-23-18-10-14-8-16(9-15(14)11-18)20-12-13-2-4-17(5-3-13)21-6-7-24-19(21)22/h2-5,14-16,18,20H,6-12H2,1H3/t14-,15+,16?,18?. The second-order valence-corrected chi connectivity index (χ2v) is 7.33. The van der Waals surface area contributed by atoms with Gasteiger partial charge in [0.05, 0.1) is 12.6 Å². The van der Waals surface area contributed by atoms with E-state index in [0.717, 1.165) is 24.1 Å². The maximum absolute atomic E-state index is 11.6. The maximum atomic E-state index is 11.6. The molecule has 1 heterocycles. The minimum atomic E-state index is -0.243. The zero-order valence-corrected chi connectivity index (χ0v) is 14.2. The van der Waals surface area contributed by atoms with Crippen LogP contribution in [-0.2, 0) is 16.0 Å². The van der Waals surface area contributed by atoms with E-state index in [-0.39, 0.29) is 6.09 Å². The molecule has 4 rings (SSSR count). The Morgan fingerprint density at radius 2 is 1.88 bits per heavy atom. The van der Waals surface area contributed by atoms with Crippen molar-refractivity contribution in [2.24, 2.45) is 11.8 Å². The van der Waals surface area contributed by atoms with Gasteiger partial charge in [-0.2, -0.15) is 0 Å². The van der Waals surface area contributed by atoms with Crippen molar-refractivity contribution in [2.75, 3.05) is 25.2 Å². The number of amides is 1. The molecule has 5 nitrogen and oxygen atoms in total. The van der Waals surface area contributed by atoms with Gasteiger partial charge in [0, 0.05) is 25.4 Å². The minimum absolute atomic E-state index is 0.243. The number of benzene rings is 1. The Morgan fingerprint density at radius 1 is 1.17 bits per heavy atom. The highest BCUT2D eigenvalue weighted by atomic mass is 16.6. The van der Waals surface area contributed by atoms with Gasteiger partial charge in [-0.05, 0) is 55.2 Å². The molecule has 130 valence electrons. The van der Waals surface area contributed by atoms with Crippen LogP contribution in [0.15, 0.2) is 24.3 Å². The van der Waals surface area contributed by atoms with Crippen molar-refractivity contribution in [3.05, 3.63) is 29.8 Å². The lowest BCUT2D eigenvalue weighted by molar-refractivity contribution is 0.100. The van der Waals surface area contributed by atoms with Crippen molar-refractivity contribution in [2.45, 2.75) is 44.4 Å². The smallest absolute Gasteiger partial charge is 0.414 e. The van der Waals surface area contributed by atoms with E-state index in [9.17, 15) is 4.79 Å². The summed E-state index contributed by atoms with van der Waals surface area (Å²) in [6, 6.07) is 8.85. The zero-order valence-electron chi connectivity index (χ0n) is 14.2. The van der Waals surface area contributed by atoms with E-state index in [1.54, 1.807) is 4.90 Å². The predicted octanol–water partition coefficient (Wildman–Crippen LogP) is 2.94. The Bertz CT molecular complexity index is 575. The molecule has 2 unspecified atom stereocenters. The first-order valence-electron chi connectivity index (χ1n) is 9.02. The number of rotatable bonds is 5.